The largest absolute Gasteiger partial charge is 0.493 e. The Labute approximate surface area is 199 Å². The second kappa shape index (κ2) is 10.8. The minimum absolute atomic E-state index is 0.743. The van der Waals surface area contributed by atoms with E-state index in [1.807, 2.05) is 0 Å². The van der Waals surface area contributed by atoms with Crippen molar-refractivity contribution >= 4 is 11.0 Å². The highest BCUT2D eigenvalue weighted by atomic mass is 16.5. The topological polar surface area (TPSA) is 41.7 Å². The van der Waals surface area contributed by atoms with Gasteiger partial charge in [0.1, 0.15) is 5.75 Å². The Kier molecular flexibility index (Phi) is 7.56. The minimum atomic E-state index is 0.743. The molecule has 1 aromatic carbocycles. The molecule has 1 aliphatic heterocycles. The molecule has 1 aromatic heterocycles. The summed E-state index contributed by atoms with van der Waals surface area (Å²) in [6.07, 6.45) is 14.8. The SMILES string of the molecule is CN(C)Cc1c(OCC2CC2)ccc2c(CCC3CCN(CC4CCCCC4)CC3)noc12. The highest BCUT2D eigenvalue weighted by Crippen LogP contribution is 2.35. The van der Waals surface area contributed by atoms with Crippen molar-refractivity contribution in [2.45, 2.75) is 77.2 Å². The van der Waals surface area contributed by atoms with E-state index in [4.69, 9.17) is 9.26 Å². The Morgan fingerprint density at radius 3 is 2.48 bits per heavy atom. The second-order valence-electron chi connectivity index (χ2n) is 11.3. The van der Waals surface area contributed by atoms with E-state index in [1.165, 1.54) is 89.2 Å². The smallest absolute Gasteiger partial charge is 0.175 e. The van der Waals surface area contributed by atoms with Gasteiger partial charge in [-0.2, -0.15) is 0 Å². The van der Waals surface area contributed by atoms with Crippen LogP contribution in [0.3, 0.4) is 0 Å². The molecule has 33 heavy (non-hydrogen) atoms. The Bertz CT molecular complexity index is 890. The van der Waals surface area contributed by atoms with Crippen molar-refractivity contribution in [2.24, 2.45) is 17.8 Å². The summed E-state index contributed by atoms with van der Waals surface area (Å²) in [6.45, 7) is 5.56. The quantitative estimate of drug-likeness (QED) is 0.448. The third-order valence-corrected chi connectivity index (χ3v) is 8.16. The van der Waals surface area contributed by atoms with Gasteiger partial charge in [-0.3, -0.25) is 0 Å². The highest BCUT2D eigenvalue weighted by molar-refractivity contribution is 5.84. The van der Waals surface area contributed by atoms with Crippen LogP contribution in [0.25, 0.3) is 11.0 Å². The van der Waals surface area contributed by atoms with Crippen molar-refractivity contribution in [1.29, 1.82) is 0 Å². The zero-order valence-electron chi connectivity index (χ0n) is 20.9. The van der Waals surface area contributed by atoms with Crippen LogP contribution in [0.5, 0.6) is 5.75 Å². The zero-order chi connectivity index (χ0) is 22.6. The molecule has 3 aliphatic rings. The van der Waals surface area contributed by atoms with Crippen molar-refractivity contribution < 1.29 is 9.26 Å². The Hall–Kier alpha value is -1.59. The molecule has 2 aromatic rings. The number of rotatable bonds is 10. The molecule has 1 saturated heterocycles. The van der Waals surface area contributed by atoms with E-state index in [1.54, 1.807) is 0 Å². The standard InChI is InChI=1S/C28H43N3O2/c1-30(2)19-25-27(32-20-23-8-9-23)13-11-24-26(29-33-28(24)25)12-10-21-14-16-31(17-15-21)18-22-6-4-3-5-7-22/h11,13,21-23H,3-10,12,14-20H2,1-2H3. The molecule has 0 atom stereocenters. The van der Waals surface area contributed by atoms with Gasteiger partial charge >= 0.3 is 0 Å². The van der Waals surface area contributed by atoms with Gasteiger partial charge in [-0.05, 0) is 108 Å². The fourth-order valence-electron chi connectivity index (χ4n) is 5.90. The summed E-state index contributed by atoms with van der Waals surface area (Å²) in [7, 11) is 4.20. The van der Waals surface area contributed by atoms with Crippen LogP contribution in [0, 0.1) is 17.8 Å². The van der Waals surface area contributed by atoms with Crippen LogP contribution in [0.15, 0.2) is 16.7 Å². The van der Waals surface area contributed by atoms with Gasteiger partial charge in [0.15, 0.2) is 5.58 Å². The Balaban J connectivity index is 1.17. The number of nitrogens with zero attached hydrogens (tertiary/aromatic N) is 3. The number of aryl methyl sites for hydroxylation is 1. The molecule has 0 N–H and O–H groups in total. The number of benzene rings is 1. The van der Waals surface area contributed by atoms with E-state index in [0.29, 0.717) is 0 Å². The zero-order valence-corrected chi connectivity index (χ0v) is 20.9. The van der Waals surface area contributed by atoms with Crippen LogP contribution >= 0.6 is 0 Å². The first-order valence-corrected chi connectivity index (χ1v) is 13.6. The average molecular weight is 454 g/mol. The van der Waals surface area contributed by atoms with Crippen LogP contribution in [-0.2, 0) is 13.0 Å². The first-order chi connectivity index (χ1) is 16.2. The van der Waals surface area contributed by atoms with E-state index in [-0.39, 0.29) is 0 Å². The maximum atomic E-state index is 6.18. The average Bonchev–Trinajstić information content (AvgIpc) is 3.56. The molecule has 0 bridgehead atoms. The van der Waals surface area contributed by atoms with E-state index in [9.17, 15) is 0 Å². The molecule has 2 heterocycles. The predicted molar refractivity (Wildman–Crippen MR) is 134 cm³/mol. The lowest BCUT2D eigenvalue weighted by atomic mass is 9.87. The van der Waals surface area contributed by atoms with Crippen LogP contribution in [-0.4, -0.2) is 55.3 Å². The van der Waals surface area contributed by atoms with Crippen molar-refractivity contribution in [2.75, 3.05) is 40.3 Å². The van der Waals surface area contributed by atoms with Gasteiger partial charge in [-0.25, -0.2) is 0 Å². The number of fused-ring (bicyclic) bond motifs is 1. The molecule has 2 aliphatic carbocycles. The van der Waals surface area contributed by atoms with Gasteiger partial charge in [-0.15, -0.1) is 0 Å². The van der Waals surface area contributed by atoms with Gasteiger partial charge in [0.05, 0.1) is 17.9 Å². The molecule has 0 amide bonds. The fraction of sp³-hybridized carbons (Fsp3) is 0.750. The summed E-state index contributed by atoms with van der Waals surface area (Å²) in [5, 5.41) is 5.71. The summed E-state index contributed by atoms with van der Waals surface area (Å²) in [4.78, 5) is 4.93. The molecule has 3 fully saturated rings. The normalized spacial score (nSPS) is 21.3. The second-order valence-corrected chi connectivity index (χ2v) is 11.3. The molecule has 2 saturated carbocycles. The molecule has 0 radical (unpaired) electrons. The van der Waals surface area contributed by atoms with Crippen molar-refractivity contribution in [1.82, 2.24) is 15.0 Å². The monoisotopic (exact) mass is 453 g/mol. The Morgan fingerprint density at radius 1 is 0.970 bits per heavy atom. The molecule has 5 rings (SSSR count). The van der Waals surface area contributed by atoms with Crippen molar-refractivity contribution in [3.05, 3.63) is 23.4 Å². The maximum absolute atomic E-state index is 6.18. The first kappa shape index (κ1) is 23.2. The lowest BCUT2D eigenvalue weighted by Crippen LogP contribution is -2.37. The third-order valence-electron chi connectivity index (χ3n) is 8.16. The summed E-state index contributed by atoms with van der Waals surface area (Å²) in [5.41, 5.74) is 3.20. The molecule has 5 nitrogen and oxygen atoms in total. The molecule has 5 heteroatoms. The molecule has 182 valence electrons. The third kappa shape index (κ3) is 6.10. The number of hydrogen-bond donors (Lipinski definition) is 0. The fourth-order valence-corrected chi connectivity index (χ4v) is 5.90. The van der Waals surface area contributed by atoms with E-state index in [0.717, 1.165) is 59.9 Å². The lowest BCUT2D eigenvalue weighted by Gasteiger charge is -2.35. The van der Waals surface area contributed by atoms with Crippen molar-refractivity contribution in [3.8, 4) is 5.75 Å². The van der Waals surface area contributed by atoms with Gasteiger partial charge in [0, 0.05) is 18.5 Å². The van der Waals surface area contributed by atoms with Crippen molar-refractivity contribution in [3.63, 3.8) is 0 Å². The highest BCUT2D eigenvalue weighted by Gasteiger charge is 2.25. The van der Waals surface area contributed by atoms with E-state index >= 15 is 0 Å². The van der Waals surface area contributed by atoms with Gasteiger partial charge in [0.25, 0.3) is 0 Å². The number of ether oxygens (including phenoxy) is 1. The summed E-state index contributed by atoms with van der Waals surface area (Å²) in [6, 6.07) is 4.32. The number of piperidine rings is 1. The minimum Gasteiger partial charge on any atom is -0.493 e. The predicted octanol–water partition coefficient (Wildman–Crippen LogP) is 5.90. The Morgan fingerprint density at radius 2 is 1.76 bits per heavy atom. The van der Waals surface area contributed by atoms with Gasteiger partial charge in [-0.1, -0.05) is 24.4 Å². The van der Waals surface area contributed by atoms with Gasteiger partial charge < -0.3 is 19.1 Å². The molecule has 0 unspecified atom stereocenters. The van der Waals surface area contributed by atoms with E-state index in [2.05, 4.69) is 41.2 Å². The maximum Gasteiger partial charge on any atom is 0.175 e. The van der Waals surface area contributed by atoms with Crippen LogP contribution in [0.2, 0.25) is 0 Å². The van der Waals surface area contributed by atoms with Crippen LogP contribution in [0.4, 0.5) is 0 Å². The summed E-state index contributed by atoms with van der Waals surface area (Å²) < 4.78 is 12.1. The molecular weight excluding hydrogens is 410 g/mol. The first-order valence-electron chi connectivity index (χ1n) is 13.6. The lowest BCUT2D eigenvalue weighted by molar-refractivity contribution is 0.142. The van der Waals surface area contributed by atoms with Crippen LogP contribution < -0.4 is 4.74 Å². The number of hydrogen-bond acceptors (Lipinski definition) is 5. The number of aromatic nitrogens is 1. The van der Waals surface area contributed by atoms with Crippen LogP contribution in [0.1, 0.15) is 75.5 Å². The van der Waals surface area contributed by atoms with E-state index < -0.39 is 0 Å². The molecular formula is C28H43N3O2. The number of likely N-dealkylation sites (tertiary alicyclic amines) is 1. The summed E-state index contributed by atoms with van der Waals surface area (Å²) >= 11 is 0. The summed E-state index contributed by atoms with van der Waals surface area (Å²) in [5.74, 6) is 3.50. The molecule has 0 spiro atoms. The van der Waals surface area contributed by atoms with Gasteiger partial charge in [0.2, 0.25) is 0 Å².